The van der Waals surface area contributed by atoms with Gasteiger partial charge in [-0.25, -0.2) is 0 Å². The molecule has 0 heterocycles. The third kappa shape index (κ3) is 3.93. The van der Waals surface area contributed by atoms with Crippen molar-refractivity contribution in [1.29, 1.82) is 0 Å². The van der Waals surface area contributed by atoms with Gasteiger partial charge in [-0.1, -0.05) is 12.1 Å². The Hall–Kier alpha value is -2.14. The van der Waals surface area contributed by atoms with Crippen molar-refractivity contribution in [3.63, 3.8) is 0 Å². The molecule has 5 heteroatoms. The van der Waals surface area contributed by atoms with Crippen molar-refractivity contribution >= 4 is 23.6 Å². The van der Waals surface area contributed by atoms with Crippen LogP contribution in [0.3, 0.4) is 0 Å². The summed E-state index contributed by atoms with van der Waals surface area (Å²) in [5, 5.41) is 2.72. The number of hydrogen-bond donors (Lipinski definition) is 1. The van der Waals surface area contributed by atoms with Gasteiger partial charge in [0.05, 0.1) is 19.2 Å². The third-order valence-electron chi connectivity index (χ3n) is 2.47. The molecule has 0 fully saturated rings. The van der Waals surface area contributed by atoms with Gasteiger partial charge in [0.2, 0.25) is 5.91 Å². The minimum Gasteiger partial charge on any atom is -0.493 e. The monoisotopic (exact) mass is 289 g/mol. The highest BCUT2D eigenvalue weighted by Gasteiger charge is 2.04. The van der Waals surface area contributed by atoms with Crippen LogP contribution in [0.15, 0.2) is 53.4 Å². The quantitative estimate of drug-likeness (QED) is 0.852. The Morgan fingerprint density at radius 3 is 2.30 bits per heavy atom. The number of anilines is 1. The van der Waals surface area contributed by atoms with Crippen LogP contribution in [0.5, 0.6) is 11.5 Å². The molecule has 0 aliphatic rings. The van der Waals surface area contributed by atoms with E-state index in [0.29, 0.717) is 11.5 Å². The largest absolute Gasteiger partial charge is 0.493 e. The van der Waals surface area contributed by atoms with Gasteiger partial charge in [-0.3, -0.25) is 4.79 Å². The van der Waals surface area contributed by atoms with Crippen LogP contribution < -0.4 is 14.2 Å². The van der Waals surface area contributed by atoms with Crippen molar-refractivity contribution in [3.05, 3.63) is 48.5 Å². The molecule has 20 heavy (non-hydrogen) atoms. The molecule has 0 aliphatic heterocycles. The van der Waals surface area contributed by atoms with Gasteiger partial charge in [0.25, 0.3) is 0 Å². The van der Waals surface area contributed by atoms with E-state index in [9.17, 15) is 4.79 Å². The van der Waals surface area contributed by atoms with E-state index in [1.54, 1.807) is 7.11 Å². The van der Waals surface area contributed by atoms with Crippen LogP contribution in [-0.2, 0) is 4.79 Å². The Morgan fingerprint density at radius 1 is 1.05 bits per heavy atom. The summed E-state index contributed by atoms with van der Waals surface area (Å²) in [4.78, 5) is 11.9. The van der Waals surface area contributed by atoms with Crippen LogP contribution in [-0.4, -0.2) is 13.0 Å². The number of benzene rings is 2. The first-order chi connectivity index (χ1) is 9.69. The van der Waals surface area contributed by atoms with Crippen molar-refractivity contribution in [2.75, 3.05) is 12.4 Å². The molecule has 0 spiro atoms. The Balaban J connectivity index is 1.98. The van der Waals surface area contributed by atoms with Crippen LogP contribution in [0.25, 0.3) is 0 Å². The van der Waals surface area contributed by atoms with Crippen LogP contribution in [0, 0.1) is 0 Å². The molecule has 4 nitrogen and oxygen atoms in total. The summed E-state index contributed by atoms with van der Waals surface area (Å²) in [6.07, 6.45) is 0. The molecule has 0 unspecified atom stereocenters. The van der Waals surface area contributed by atoms with Crippen molar-refractivity contribution in [2.24, 2.45) is 0 Å². The molecular weight excluding hydrogens is 274 g/mol. The van der Waals surface area contributed by atoms with Gasteiger partial charge in [-0.05, 0) is 36.4 Å². The molecular formula is C15H15NO3S. The van der Waals surface area contributed by atoms with E-state index >= 15 is 0 Å². The van der Waals surface area contributed by atoms with Crippen LogP contribution in [0.4, 0.5) is 5.69 Å². The molecule has 0 bridgehead atoms. The number of hydrogen-bond acceptors (Lipinski definition) is 4. The fourth-order valence-electron chi connectivity index (χ4n) is 1.58. The summed E-state index contributed by atoms with van der Waals surface area (Å²) in [6.45, 7) is 1.48. The number of nitrogens with one attached hydrogen (secondary N) is 1. The first-order valence-electron chi connectivity index (χ1n) is 6.04. The van der Waals surface area contributed by atoms with Gasteiger partial charge in [0.1, 0.15) is 0 Å². The van der Waals surface area contributed by atoms with E-state index in [1.807, 2.05) is 48.5 Å². The first-order valence-corrected chi connectivity index (χ1v) is 6.78. The SMILES string of the molecule is COc1ccccc1OSc1ccc(NC(C)=O)cc1. The number of amides is 1. The standard InChI is InChI=1S/C15H15NO3S/c1-11(17)16-12-7-9-13(10-8-12)20-19-15-6-4-3-5-14(15)18-2/h3-10H,1-2H3,(H,16,17). The molecule has 1 amide bonds. The Kier molecular flexibility index (Phi) is 4.90. The van der Waals surface area contributed by atoms with E-state index in [-0.39, 0.29) is 5.91 Å². The first kappa shape index (κ1) is 14.3. The van der Waals surface area contributed by atoms with E-state index in [4.69, 9.17) is 8.92 Å². The Labute approximate surface area is 122 Å². The normalized spacial score (nSPS) is 9.90. The average molecular weight is 289 g/mol. The highest BCUT2D eigenvalue weighted by atomic mass is 32.2. The zero-order valence-electron chi connectivity index (χ0n) is 11.3. The zero-order valence-corrected chi connectivity index (χ0v) is 12.1. The smallest absolute Gasteiger partial charge is 0.221 e. The molecule has 0 saturated carbocycles. The van der Waals surface area contributed by atoms with Gasteiger partial charge in [0.15, 0.2) is 11.5 Å². The lowest BCUT2D eigenvalue weighted by Gasteiger charge is -2.08. The Bertz CT molecular complexity index is 584. The summed E-state index contributed by atoms with van der Waals surface area (Å²) in [5.74, 6) is 1.27. The number of methoxy groups -OCH3 is 1. The second-order valence-corrected chi connectivity index (χ2v) is 4.83. The molecule has 0 saturated heterocycles. The topological polar surface area (TPSA) is 47.6 Å². The maximum absolute atomic E-state index is 10.9. The van der Waals surface area contributed by atoms with Crippen molar-refractivity contribution in [2.45, 2.75) is 11.8 Å². The predicted molar refractivity (Wildman–Crippen MR) is 80.2 cm³/mol. The highest BCUT2D eigenvalue weighted by molar-refractivity contribution is 7.95. The predicted octanol–water partition coefficient (Wildman–Crippen LogP) is 3.74. The fourth-order valence-corrected chi connectivity index (χ4v) is 2.15. The number of ether oxygens (including phenoxy) is 1. The summed E-state index contributed by atoms with van der Waals surface area (Å²) in [6, 6.07) is 14.9. The molecule has 1 N–H and O–H groups in total. The van der Waals surface area contributed by atoms with Gasteiger partial charge >= 0.3 is 0 Å². The minimum atomic E-state index is -0.0873. The van der Waals surface area contributed by atoms with Gasteiger partial charge < -0.3 is 14.2 Å². The van der Waals surface area contributed by atoms with Crippen LogP contribution in [0.2, 0.25) is 0 Å². The van der Waals surface area contributed by atoms with Crippen molar-refractivity contribution in [1.82, 2.24) is 0 Å². The van der Waals surface area contributed by atoms with E-state index < -0.39 is 0 Å². The number of rotatable bonds is 5. The van der Waals surface area contributed by atoms with E-state index in [2.05, 4.69) is 5.32 Å². The lowest BCUT2D eigenvalue weighted by Crippen LogP contribution is -2.05. The summed E-state index contributed by atoms with van der Waals surface area (Å²) in [7, 11) is 1.61. The second-order valence-electron chi connectivity index (χ2n) is 4.02. The molecule has 0 radical (unpaired) electrons. The van der Waals surface area contributed by atoms with Gasteiger partial charge in [-0.2, -0.15) is 0 Å². The fraction of sp³-hybridized carbons (Fsp3) is 0.133. The summed E-state index contributed by atoms with van der Waals surface area (Å²) >= 11 is 1.24. The van der Waals surface area contributed by atoms with E-state index in [1.165, 1.54) is 19.0 Å². The van der Waals surface area contributed by atoms with Crippen LogP contribution in [0.1, 0.15) is 6.92 Å². The lowest BCUT2D eigenvalue weighted by atomic mass is 10.3. The van der Waals surface area contributed by atoms with Crippen molar-refractivity contribution in [3.8, 4) is 11.5 Å². The Morgan fingerprint density at radius 2 is 1.70 bits per heavy atom. The maximum atomic E-state index is 10.9. The van der Waals surface area contributed by atoms with Gasteiger partial charge in [0, 0.05) is 17.5 Å². The molecule has 2 aromatic carbocycles. The van der Waals surface area contributed by atoms with Gasteiger partial charge in [-0.15, -0.1) is 0 Å². The average Bonchev–Trinajstić information content (AvgIpc) is 2.46. The number of carbonyl (C=O) groups excluding carboxylic acids is 1. The molecule has 104 valence electrons. The zero-order chi connectivity index (χ0) is 14.4. The second kappa shape index (κ2) is 6.86. The van der Waals surface area contributed by atoms with Crippen molar-refractivity contribution < 1.29 is 13.7 Å². The molecule has 0 aromatic heterocycles. The third-order valence-corrected chi connectivity index (χ3v) is 3.20. The number of para-hydroxylation sites is 2. The molecule has 2 aromatic rings. The minimum absolute atomic E-state index is 0.0873. The summed E-state index contributed by atoms with van der Waals surface area (Å²) < 4.78 is 10.9. The molecule has 0 aliphatic carbocycles. The number of carbonyl (C=O) groups is 1. The molecule has 0 atom stereocenters. The van der Waals surface area contributed by atoms with Crippen LogP contribution >= 0.6 is 12.0 Å². The summed E-state index contributed by atoms with van der Waals surface area (Å²) in [5.41, 5.74) is 0.763. The molecule has 2 rings (SSSR count). The lowest BCUT2D eigenvalue weighted by molar-refractivity contribution is -0.114. The van der Waals surface area contributed by atoms with E-state index in [0.717, 1.165) is 10.6 Å². The highest BCUT2D eigenvalue weighted by Crippen LogP contribution is 2.31. The maximum Gasteiger partial charge on any atom is 0.221 e.